The predicted molar refractivity (Wildman–Crippen MR) is 136 cm³/mol. The van der Waals surface area contributed by atoms with Crippen molar-refractivity contribution >= 4 is 26.8 Å². The second-order valence-corrected chi connectivity index (χ2v) is 10.6. The first-order valence-electron chi connectivity index (χ1n) is 12.0. The van der Waals surface area contributed by atoms with Crippen LogP contribution in [-0.2, 0) is 10.0 Å². The maximum Gasteiger partial charge on any atom is 0.257 e. The van der Waals surface area contributed by atoms with E-state index in [-0.39, 0.29) is 16.4 Å². The van der Waals surface area contributed by atoms with Gasteiger partial charge in [-0.2, -0.15) is 4.31 Å². The van der Waals surface area contributed by atoms with Gasteiger partial charge < -0.3 is 19.4 Å². The third-order valence-electron chi connectivity index (χ3n) is 6.89. The maximum absolute atomic E-state index is 13.5. The number of amides is 1. The van der Waals surface area contributed by atoms with Gasteiger partial charge in [0.1, 0.15) is 11.5 Å². The zero-order chi connectivity index (χ0) is 25.2. The van der Waals surface area contributed by atoms with Gasteiger partial charge in [0.15, 0.2) is 0 Å². The smallest absolute Gasteiger partial charge is 0.257 e. The second-order valence-electron chi connectivity index (χ2n) is 8.67. The highest BCUT2D eigenvalue weighted by molar-refractivity contribution is 7.89. The number of nitrogens with one attached hydrogen (secondary N) is 1. The van der Waals surface area contributed by atoms with E-state index in [9.17, 15) is 13.2 Å². The normalized spacial score (nSPS) is 15.1. The molecule has 2 aromatic carbocycles. The van der Waals surface area contributed by atoms with Gasteiger partial charge in [0.25, 0.3) is 5.91 Å². The van der Waals surface area contributed by atoms with E-state index in [2.05, 4.69) is 11.2 Å². The number of aromatic nitrogens is 1. The molecule has 8 nitrogen and oxygen atoms in total. The first-order valence-corrected chi connectivity index (χ1v) is 13.4. The SMILES string of the molecule is CCN(CC)S(=O)(=O)c1ccc(OC)c(C(=O)N2CCC(c3c[nH]c4ccc(OC)cc34)CC2)c1. The molecule has 3 aromatic rings. The van der Waals surface area contributed by atoms with Crippen LogP contribution in [0, 0.1) is 0 Å². The van der Waals surface area contributed by atoms with E-state index in [0.29, 0.717) is 37.8 Å². The summed E-state index contributed by atoms with van der Waals surface area (Å²) in [4.78, 5) is 18.7. The summed E-state index contributed by atoms with van der Waals surface area (Å²) < 4.78 is 38.2. The molecule has 1 amide bonds. The Morgan fingerprint density at radius 2 is 1.77 bits per heavy atom. The lowest BCUT2D eigenvalue weighted by Gasteiger charge is -2.32. The summed E-state index contributed by atoms with van der Waals surface area (Å²) >= 11 is 0. The van der Waals surface area contributed by atoms with E-state index in [1.807, 2.05) is 18.2 Å². The second kappa shape index (κ2) is 10.3. The molecule has 1 aliphatic heterocycles. The number of fused-ring (bicyclic) bond motifs is 1. The van der Waals surface area contributed by atoms with Crippen molar-refractivity contribution in [2.45, 2.75) is 37.5 Å². The number of likely N-dealkylation sites (tertiary alicyclic amines) is 1. The van der Waals surface area contributed by atoms with Gasteiger partial charge in [0.05, 0.1) is 24.7 Å². The van der Waals surface area contributed by atoms with Crippen molar-refractivity contribution in [3.05, 3.63) is 53.7 Å². The highest BCUT2D eigenvalue weighted by atomic mass is 32.2. The molecule has 1 aliphatic rings. The van der Waals surface area contributed by atoms with Gasteiger partial charge in [-0.1, -0.05) is 13.8 Å². The lowest BCUT2D eigenvalue weighted by atomic mass is 9.89. The van der Waals surface area contributed by atoms with Gasteiger partial charge in [0.2, 0.25) is 10.0 Å². The van der Waals surface area contributed by atoms with Crippen LogP contribution in [0.3, 0.4) is 0 Å². The zero-order valence-electron chi connectivity index (χ0n) is 20.7. The molecule has 0 saturated carbocycles. The number of ether oxygens (including phenoxy) is 2. The van der Waals surface area contributed by atoms with E-state index >= 15 is 0 Å². The summed E-state index contributed by atoms with van der Waals surface area (Å²) in [6.45, 7) is 5.48. The first-order chi connectivity index (χ1) is 16.8. The minimum atomic E-state index is -3.68. The van der Waals surface area contributed by atoms with Crippen molar-refractivity contribution in [2.75, 3.05) is 40.4 Å². The summed E-state index contributed by atoms with van der Waals surface area (Å²) in [6.07, 6.45) is 3.68. The van der Waals surface area contributed by atoms with Crippen LogP contribution in [-0.4, -0.2) is 68.9 Å². The molecule has 35 heavy (non-hydrogen) atoms. The Bertz CT molecular complexity index is 1310. The van der Waals surface area contributed by atoms with Crippen molar-refractivity contribution < 1.29 is 22.7 Å². The number of H-pyrrole nitrogens is 1. The Morgan fingerprint density at radius 3 is 2.40 bits per heavy atom. The van der Waals surface area contributed by atoms with Gasteiger partial charge in [0, 0.05) is 43.3 Å². The molecule has 0 spiro atoms. The number of carbonyl (C=O) groups excluding carboxylic acids is 1. The molecule has 188 valence electrons. The Balaban J connectivity index is 1.54. The van der Waals surface area contributed by atoms with Crippen LogP contribution in [0.5, 0.6) is 11.5 Å². The standard InChI is InChI=1S/C26H33N3O5S/c1-5-29(6-2)35(31,32)20-8-10-25(34-4)22(16-20)26(30)28-13-11-18(12-14-28)23-17-27-24-9-7-19(33-3)15-21(23)24/h7-10,15-18,27H,5-6,11-14H2,1-4H3. The number of carbonyl (C=O) groups is 1. The lowest BCUT2D eigenvalue weighted by molar-refractivity contribution is 0.0709. The van der Waals surface area contributed by atoms with Crippen LogP contribution < -0.4 is 9.47 Å². The number of rotatable bonds is 8. The Morgan fingerprint density at radius 1 is 1.06 bits per heavy atom. The highest BCUT2D eigenvalue weighted by Crippen LogP contribution is 2.35. The van der Waals surface area contributed by atoms with Crippen molar-refractivity contribution in [3.8, 4) is 11.5 Å². The number of aromatic amines is 1. The van der Waals surface area contributed by atoms with Crippen LogP contribution in [0.15, 0.2) is 47.5 Å². The molecule has 1 fully saturated rings. The molecule has 0 bridgehead atoms. The minimum absolute atomic E-state index is 0.105. The van der Waals surface area contributed by atoms with Crippen LogP contribution in [0.2, 0.25) is 0 Å². The highest BCUT2D eigenvalue weighted by Gasteiger charge is 2.29. The van der Waals surface area contributed by atoms with Crippen molar-refractivity contribution in [3.63, 3.8) is 0 Å². The van der Waals surface area contributed by atoms with E-state index in [0.717, 1.165) is 29.5 Å². The Kier molecular flexibility index (Phi) is 7.37. The largest absolute Gasteiger partial charge is 0.497 e. The molecule has 1 saturated heterocycles. The number of hydrogen-bond donors (Lipinski definition) is 1. The van der Waals surface area contributed by atoms with Gasteiger partial charge in [-0.25, -0.2) is 8.42 Å². The molecular weight excluding hydrogens is 466 g/mol. The fourth-order valence-corrected chi connectivity index (χ4v) is 6.36. The summed E-state index contributed by atoms with van der Waals surface area (Å²) in [7, 11) is -0.535. The minimum Gasteiger partial charge on any atom is -0.497 e. The van der Waals surface area contributed by atoms with Crippen LogP contribution in [0.4, 0.5) is 0 Å². The van der Waals surface area contributed by atoms with Crippen molar-refractivity contribution in [2.24, 2.45) is 0 Å². The maximum atomic E-state index is 13.5. The number of nitrogens with zero attached hydrogens (tertiary/aromatic N) is 2. The topological polar surface area (TPSA) is 91.9 Å². The fourth-order valence-electron chi connectivity index (χ4n) is 4.88. The Hall–Kier alpha value is -3.04. The van der Waals surface area contributed by atoms with Crippen LogP contribution in [0.1, 0.15) is 48.5 Å². The van der Waals surface area contributed by atoms with Crippen LogP contribution in [0.25, 0.3) is 10.9 Å². The summed E-state index contributed by atoms with van der Waals surface area (Å²) in [6, 6.07) is 10.5. The molecule has 1 aromatic heterocycles. The van der Waals surface area contributed by atoms with E-state index in [1.54, 1.807) is 31.9 Å². The molecule has 0 atom stereocenters. The van der Waals surface area contributed by atoms with Crippen molar-refractivity contribution in [1.82, 2.24) is 14.2 Å². The number of benzene rings is 2. The monoisotopic (exact) mass is 499 g/mol. The third-order valence-corrected chi connectivity index (χ3v) is 8.93. The summed E-state index contributed by atoms with van der Waals surface area (Å²) in [5, 5.41) is 1.14. The number of piperidine rings is 1. The van der Waals surface area contributed by atoms with Crippen LogP contribution >= 0.6 is 0 Å². The Labute approximate surface area is 206 Å². The van der Waals surface area contributed by atoms with Gasteiger partial charge in [-0.3, -0.25) is 4.79 Å². The average molecular weight is 500 g/mol. The molecule has 9 heteroatoms. The zero-order valence-corrected chi connectivity index (χ0v) is 21.5. The van der Waals surface area contributed by atoms with Gasteiger partial charge >= 0.3 is 0 Å². The number of hydrogen-bond acceptors (Lipinski definition) is 5. The third kappa shape index (κ3) is 4.75. The predicted octanol–water partition coefficient (Wildman–Crippen LogP) is 4.24. The molecule has 0 unspecified atom stereocenters. The molecule has 1 N–H and O–H groups in total. The van der Waals surface area contributed by atoms with Gasteiger partial charge in [-0.15, -0.1) is 0 Å². The molecule has 4 rings (SSSR count). The van der Waals surface area contributed by atoms with E-state index in [4.69, 9.17) is 9.47 Å². The van der Waals surface area contributed by atoms with E-state index < -0.39 is 10.0 Å². The summed E-state index contributed by atoms with van der Waals surface area (Å²) in [5.74, 6) is 1.30. The summed E-state index contributed by atoms with van der Waals surface area (Å²) in [5.41, 5.74) is 2.57. The molecule has 0 radical (unpaired) electrons. The average Bonchev–Trinajstić information content (AvgIpc) is 3.31. The number of methoxy groups -OCH3 is 2. The molecule has 0 aliphatic carbocycles. The lowest BCUT2D eigenvalue weighted by Crippen LogP contribution is -2.38. The van der Waals surface area contributed by atoms with Crippen molar-refractivity contribution in [1.29, 1.82) is 0 Å². The molecule has 2 heterocycles. The fraction of sp³-hybridized carbons (Fsp3) is 0.423. The molecular formula is C26H33N3O5S. The van der Waals surface area contributed by atoms with Gasteiger partial charge in [-0.05, 0) is 60.7 Å². The first kappa shape index (κ1) is 25.1. The number of sulfonamides is 1. The van der Waals surface area contributed by atoms with E-state index in [1.165, 1.54) is 29.1 Å². The quantitative estimate of drug-likeness (QED) is 0.501.